The molecule has 0 radical (unpaired) electrons. The summed E-state index contributed by atoms with van der Waals surface area (Å²) in [6.07, 6.45) is 4.09. The van der Waals surface area contributed by atoms with E-state index in [4.69, 9.17) is 0 Å². The maximum Gasteiger partial charge on any atom is 0.326 e. The van der Waals surface area contributed by atoms with E-state index in [1.54, 1.807) is 67.2 Å². The van der Waals surface area contributed by atoms with Gasteiger partial charge in [0.25, 0.3) is 17.3 Å². The molecule has 1 aliphatic heterocycles. The average Bonchev–Trinajstić information content (AvgIpc) is 3.34. The number of amides is 1. The van der Waals surface area contributed by atoms with Crippen LogP contribution < -0.4 is 15.1 Å². The van der Waals surface area contributed by atoms with Crippen LogP contribution in [0.15, 0.2) is 103 Å². The molecule has 4 aromatic rings. The molecule has 0 spiro atoms. The number of carbonyl (C=O) groups excluding carboxylic acids is 1. The van der Waals surface area contributed by atoms with Crippen LogP contribution in [0.3, 0.4) is 0 Å². The third-order valence-corrected chi connectivity index (χ3v) is 7.47. The van der Waals surface area contributed by atoms with E-state index in [2.05, 4.69) is 25.6 Å². The first-order valence-electron chi connectivity index (χ1n) is 14.8. The lowest BCUT2D eigenvalue weighted by molar-refractivity contribution is -0.597. The second kappa shape index (κ2) is 14.1. The van der Waals surface area contributed by atoms with Gasteiger partial charge in [0.1, 0.15) is 11.4 Å². The predicted molar refractivity (Wildman–Crippen MR) is 176 cm³/mol. The van der Waals surface area contributed by atoms with E-state index in [-0.39, 0.29) is 40.8 Å². The summed E-state index contributed by atoms with van der Waals surface area (Å²) < 4.78 is 2.96. The topological polar surface area (TPSA) is 195 Å². The average molecular weight is 654 g/mol. The molecule has 48 heavy (non-hydrogen) atoms. The summed E-state index contributed by atoms with van der Waals surface area (Å²) in [5.41, 5.74) is 1.04. The number of hydrogen-bond acceptors (Lipinski definition) is 12. The van der Waals surface area contributed by atoms with Gasteiger partial charge in [-0.2, -0.15) is 30.0 Å². The number of hydrazone groups is 1. The molecule has 1 atom stereocenters. The molecule has 246 valence electrons. The molecule has 1 aliphatic rings. The van der Waals surface area contributed by atoms with Crippen LogP contribution in [0, 0.1) is 17.0 Å². The van der Waals surface area contributed by atoms with Crippen molar-refractivity contribution in [1.29, 1.82) is 0 Å². The molecule has 3 heterocycles. The Morgan fingerprint density at radius 2 is 1.75 bits per heavy atom. The fraction of sp³-hybridized carbons (Fsp3) is 0.250. The van der Waals surface area contributed by atoms with E-state index >= 15 is 0 Å². The van der Waals surface area contributed by atoms with Gasteiger partial charge in [-0.1, -0.05) is 12.1 Å². The first-order chi connectivity index (χ1) is 23.0. The van der Waals surface area contributed by atoms with Crippen LogP contribution in [-0.4, -0.2) is 62.9 Å². The summed E-state index contributed by atoms with van der Waals surface area (Å²) in [5.74, 6) is -1.19. The number of anilines is 1. The van der Waals surface area contributed by atoms with Gasteiger partial charge < -0.3 is 15.1 Å². The number of carbonyl (C=O) groups is 1. The molecule has 0 fully saturated rings. The molecular formula is C32H33N10O6+. The summed E-state index contributed by atoms with van der Waals surface area (Å²) in [6.45, 7) is 4.23. The number of pyridine rings is 2. The minimum Gasteiger partial charge on any atom is -0.506 e. The van der Waals surface area contributed by atoms with E-state index in [9.17, 15) is 29.9 Å². The van der Waals surface area contributed by atoms with Crippen LogP contribution in [0.25, 0.3) is 5.69 Å². The van der Waals surface area contributed by atoms with E-state index in [0.717, 1.165) is 23.2 Å². The van der Waals surface area contributed by atoms with E-state index in [1.807, 2.05) is 25.1 Å². The zero-order valence-corrected chi connectivity index (χ0v) is 26.6. The van der Waals surface area contributed by atoms with Gasteiger partial charge in [-0.3, -0.25) is 24.3 Å². The lowest BCUT2D eigenvalue weighted by atomic mass is 10.2. The quantitative estimate of drug-likeness (QED) is 0.0984. The molecule has 16 nitrogen and oxygen atoms in total. The number of phenolic OH excluding ortho intramolecular Hbond substituents is 1. The van der Waals surface area contributed by atoms with Gasteiger partial charge in [0.05, 0.1) is 27.6 Å². The smallest absolute Gasteiger partial charge is 0.326 e. The third kappa shape index (κ3) is 6.97. The van der Waals surface area contributed by atoms with E-state index in [0.29, 0.717) is 41.3 Å². The summed E-state index contributed by atoms with van der Waals surface area (Å²) >= 11 is 0. The zero-order chi connectivity index (χ0) is 34.5. The van der Waals surface area contributed by atoms with E-state index in [1.165, 1.54) is 4.57 Å². The Labute approximate surface area is 274 Å². The van der Waals surface area contributed by atoms with Crippen LogP contribution >= 0.6 is 0 Å². The number of aromatic nitrogens is 2. The Morgan fingerprint density at radius 1 is 1.00 bits per heavy atom. The maximum absolute atomic E-state index is 13.6. The molecule has 2 aromatic heterocycles. The zero-order valence-electron chi connectivity index (χ0n) is 26.6. The lowest BCUT2D eigenvalue weighted by Gasteiger charge is -2.15. The molecule has 5 rings (SSSR count). The molecule has 0 saturated heterocycles. The highest BCUT2D eigenvalue weighted by Gasteiger charge is 2.35. The largest absolute Gasteiger partial charge is 0.506 e. The van der Waals surface area contributed by atoms with E-state index < -0.39 is 16.9 Å². The third-order valence-electron chi connectivity index (χ3n) is 7.47. The highest BCUT2D eigenvalue weighted by molar-refractivity contribution is 6.18. The molecule has 0 saturated carbocycles. The standard InChI is InChI=1S/C32H32N10O6/c1-20-27(30(44)40(17-9-14-38(3)4)32(46)29(20)39-15-6-5-7-16-39)35-33-22-10-8-11-23(18-22)41-31(45)28(21(2)37-41)36-34-25-19-24(42(47)48)12-13-26(25)43/h5-8,10-13,15-16,18-19,28H,9,14,17H2,1-4H3,(H-,33,36,43,44,46)/p+1. The maximum atomic E-state index is 13.6. The highest BCUT2D eigenvalue weighted by atomic mass is 16.6. The Balaban J connectivity index is 1.44. The summed E-state index contributed by atoms with van der Waals surface area (Å²) in [7, 11) is 3.85. The van der Waals surface area contributed by atoms with Crippen molar-refractivity contribution in [1.82, 2.24) is 9.47 Å². The van der Waals surface area contributed by atoms with Crippen molar-refractivity contribution in [3.63, 3.8) is 0 Å². The predicted octanol–water partition coefficient (Wildman–Crippen LogP) is 4.99. The van der Waals surface area contributed by atoms with Crippen LogP contribution in [0.1, 0.15) is 18.9 Å². The van der Waals surface area contributed by atoms with Gasteiger partial charge in [-0.25, -0.2) is 0 Å². The van der Waals surface area contributed by atoms with Crippen molar-refractivity contribution in [2.24, 2.45) is 25.6 Å². The van der Waals surface area contributed by atoms with Crippen molar-refractivity contribution in [3.05, 3.63) is 99.1 Å². The Kier molecular flexibility index (Phi) is 9.75. The normalized spacial score (nSPS) is 14.9. The van der Waals surface area contributed by atoms with Crippen molar-refractivity contribution in [2.45, 2.75) is 32.9 Å². The molecule has 0 bridgehead atoms. The fourth-order valence-corrected chi connectivity index (χ4v) is 5.01. The number of azo groups is 2. The van der Waals surface area contributed by atoms with Crippen LogP contribution in [0.4, 0.5) is 28.4 Å². The molecule has 2 aromatic carbocycles. The minimum atomic E-state index is -1.13. The molecule has 0 aliphatic carbocycles. The molecule has 16 heteroatoms. The number of benzene rings is 2. The fourth-order valence-electron chi connectivity index (χ4n) is 5.01. The van der Waals surface area contributed by atoms with Gasteiger partial charge in [-0.05, 0) is 65.2 Å². The second-order valence-corrected chi connectivity index (χ2v) is 11.2. The molecule has 2 N–H and O–H groups in total. The SMILES string of the molecule is CC1=NN(c2cccc(N=Nc3c(C)c(-[n+]4ccccc4)c(=O)n(CCCN(C)C)c3O)c2)C(=O)C1N=Nc1cc([N+](=O)[O-])ccc1O. The number of non-ortho nitro benzene ring substituents is 1. The number of rotatable bonds is 11. The number of nitrogens with zero attached hydrogens (tertiary/aromatic N) is 10. The Morgan fingerprint density at radius 3 is 2.46 bits per heavy atom. The molecule has 1 unspecified atom stereocenters. The second-order valence-electron chi connectivity index (χ2n) is 11.2. The number of hydrogen-bond donors (Lipinski definition) is 2. The number of phenols is 1. The number of nitro groups is 1. The van der Waals surface area contributed by atoms with Gasteiger partial charge >= 0.3 is 5.56 Å². The lowest BCUT2D eigenvalue weighted by Crippen LogP contribution is -2.40. The first kappa shape index (κ1) is 33.2. The first-order valence-corrected chi connectivity index (χ1v) is 14.8. The van der Waals surface area contributed by atoms with Gasteiger partial charge in [0.15, 0.2) is 24.1 Å². The Bertz CT molecular complexity index is 2020. The summed E-state index contributed by atoms with van der Waals surface area (Å²) in [4.78, 5) is 39.3. The summed E-state index contributed by atoms with van der Waals surface area (Å²) in [5, 5.41) is 54.4. The van der Waals surface area contributed by atoms with Gasteiger partial charge in [0.2, 0.25) is 5.88 Å². The monoisotopic (exact) mass is 653 g/mol. The van der Waals surface area contributed by atoms with Crippen molar-refractivity contribution in [3.8, 4) is 17.3 Å². The van der Waals surface area contributed by atoms with Gasteiger partial charge in [-0.15, -0.1) is 5.11 Å². The molecular weight excluding hydrogens is 620 g/mol. The van der Waals surface area contributed by atoms with Crippen molar-refractivity contribution < 1.29 is 24.5 Å². The number of aromatic hydroxyl groups is 2. The van der Waals surface area contributed by atoms with Gasteiger partial charge in [0, 0.05) is 30.8 Å². The summed E-state index contributed by atoms with van der Waals surface area (Å²) in [6, 6.07) is 14.1. The minimum absolute atomic E-state index is 0.118. The van der Waals surface area contributed by atoms with Crippen LogP contribution in [0.5, 0.6) is 11.6 Å². The van der Waals surface area contributed by atoms with Crippen LogP contribution in [-0.2, 0) is 11.3 Å². The van der Waals surface area contributed by atoms with Crippen molar-refractivity contribution >= 4 is 40.1 Å². The van der Waals surface area contributed by atoms with Crippen LogP contribution in [0.2, 0.25) is 0 Å². The van der Waals surface area contributed by atoms with Crippen molar-refractivity contribution in [2.75, 3.05) is 25.6 Å². The Hall–Kier alpha value is -6.16. The molecule has 1 amide bonds. The highest BCUT2D eigenvalue weighted by Crippen LogP contribution is 2.35. The number of nitro benzene ring substituents is 1.